The number of rotatable bonds is 9. The molecular weight excluding hydrogens is 467 g/mol. The van der Waals surface area contributed by atoms with Crippen LogP contribution in [0.15, 0.2) is 41.7 Å². The molecule has 3 N–H and O–H groups in total. The lowest BCUT2D eigenvalue weighted by atomic mass is 9.66. The van der Waals surface area contributed by atoms with E-state index in [4.69, 9.17) is 10.1 Å². The van der Waals surface area contributed by atoms with Crippen LogP contribution >= 0.6 is 11.3 Å². The van der Waals surface area contributed by atoms with Crippen molar-refractivity contribution < 1.29 is 9.13 Å². The highest BCUT2D eigenvalue weighted by molar-refractivity contribution is 7.15. The van der Waals surface area contributed by atoms with E-state index in [2.05, 4.69) is 35.8 Å². The van der Waals surface area contributed by atoms with Gasteiger partial charge < -0.3 is 20.8 Å². The maximum atomic E-state index is 14.3. The molecule has 2 aliphatic rings. The number of pyridine rings is 1. The largest absolute Gasteiger partial charge is 0.378 e. The second-order valence-electron chi connectivity index (χ2n) is 8.76. The Bertz CT molecular complexity index is 1190. The van der Waals surface area contributed by atoms with E-state index in [-0.39, 0.29) is 17.3 Å². The fourth-order valence-electron chi connectivity index (χ4n) is 4.27. The van der Waals surface area contributed by atoms with E-state index in [1.54, 1.807) is 24.7 Å². The van der Waals surface area contributed by atoms with Gasteiger partial charge in [0.15, 0.2) is 0 Å². The Labute approximate surface area is 206 Å². The fraction of sp³-hybridized carbons (Fsp3) is 0.417. The summed E-state index contributed by atoms with van der Waals surface area (Å²) in [7, 11) is 0. The smallest absolute Gasteiger partial charge is 0.148 e. The number of morpholine rings is 1. The predicted molar refractivity (Wildman–Crippen MR) is 134 cm³/mol. The molecule has 0 spiro atoms. The molecule has 35 heavy (non-hydrogen) atoms. The van der Waals surface area contributed by atoms with Crippen molar-refractivity contribution in [1.29, 1.82) is 5.41 Å². The third-order valence-corrected chi connectivity index (χ3v) is 7.40. The summed E-state index contributed by atoms with van der Waals surface area (Å²) < 4.78 is 19.7. The summed E-state index contributed by atoms with van der Waals surface area (Å²) in [5, 5.41) is 24.0. The van der Waals surface area contributed by atoms with Crippen LogP contribution < -0.4 is 10.6 Å². The first kappa shape index (κ1) is 23.6. The third-order valence-electron chi connectivity index (χ3n) is 6.39. The number of aromatic nitrogens is 4. The topological polar surface area (TPSA) is 121 Å². The minimum Gasteiger partial charge on any atom is -0.378 e. The third kappa shape index (κ3) is 5.42. The van der Waals surface area contributed by atoms with Gasteiger partial charge in [-0.2, -0.15) is 0 Å². The number of anilines is 1. The number of halogens is 1. The first-order valence-electron chi connectivity index (χ1n) is 11.7. The molecule has 0 bridgehead atoms. The van der Waals surface area contributed by atoms with E-state index >= 15 is 0 Å². The number of nitrogens with one attached hydrogen (secondary N) is 3. The van der Waals surface area contributed by atoms with Crippen LogP contribution in [0.3, 0.4) is 0 Å². The van der Waals surface area contributed by atoms with Crippen molar-refractivity contribution in [2.75, 3.05) is 31.6 Å². The molecule has 1 saturated carbocycles. The lowest BCUT2D eigenvalue weighted by Gasteiger charge is -2.41. The summed E-state index contributed by atoms with van der Waals surface area (Å²) in [4.78, 5) is 14.1. The van der Waals surface area contributed by atoms with Gasteiger partial charge in [0.25, 0.3) is 0 Å². The summed E-state index contributed by atoms with van der Waals surface area (Å²) in [6.07, 6.45) is 7.86. The van der Waals surface area contributed by atoms with Crippen LogP contribution in [-0.4, -0.2) is 64.4 Å². The average Bonchev–Trinajstić information content (AvgIpc) is 3.34. The SMILES string of the molecule is N=C(/C=N/Cc1cnc(-c2ccc(NCC3(c4ncccc4F)CCC3)nn2)s1)C1COCCN1. The van der Waals surface area contributed by atoms with Crippen molar-refractivity contribution in [1.82, 2.24) is 25.5 Å². The predicted octanol–water partition coefficient (Wildman–Crippen LogP) is 3.25. The zero-order chi connectivity index (χ0) is 24.1. The van der Waals surface area contributed by atoms with Gasteiger partial charge >= 0.3 is 0 Å². The molecule has 0 amide bonds. The number of hydrogen-bond donors (Lipinski definition) is 3. The summed E-state index contributed by atoms with van der Waals surface area (Å²) in [6, 6.07) is 6.73. The molecule has 5 rings (SSSR count). The Morgan fingerprint density at radius 1 is 1.31 bits per heavy atom. The van der Waals surface area contributed by atoms with Gasteiger partial charge in [0.2, 0.25) is 0 Å². The van der Waals surface area contributed by atoms with Gasteiger partial charge in [0, 0.05) is 42.0 Å². The molecule has 1 aliphatic carbocycles. The Balaban J connectivity index is 1.16. The standard InChI is InChI=1S/C24H27FN8OS/c25-17-3-1-8-29-22(17)24(6-2-7-24)15-31-21-5-4-19(32-33-21)23-30-12-16(35-23)11-27-13-18(26)20-14-34-10-9-28-20/h1,3-5,8,12-13,20,26,28H,2,6-7,9-11,14-15H2,(H,31,33)/b26-18?,27-13+. The Hall–Kier alpha value is -3.15. The summed E-state index contributed by atoms with van der Waals surface area (Å²) in [6.45, 7) is 2.94. The maximum Gasteiger partial charge on any atom is 0.148 e. The van der Waals surface area contributed by atoms with Crippen LogP contribution in [0.4, 0.5) is 10.2 Å². The van der Waals surface area contributed by atoms with Crippen LogP contribution in [0.25, 0.3) is 10.7 Å². The molecule has 9 nitrogen and oxygen atoms in total. The summed E-state index contributed by atoms with van der Waals surface area (Å²) in [5.74, 6) is 0.382. The molecule has 1 aliphatic heterocycles. The second-order valence-corrected chi connectivity index (χ2v) is 9.88. The van der Waals surface area contributed by atoms with E-state index in [0.717, 1.165) is 35.7 Å². The Morgan fingerprint density at radius 2 is 2.23 bits per heavy atom. The quantitative estimate of drug-likeness (QED) is 0.391. The van der Waals surface area contributed by atoms with Gasteiger partial charge in [-0.15, -0.1) is 21.5 Å². The van der Waals surface area contributed by atoms with E-state index in [9.17, 15) is 4.39 Å². The minimum absolute atomic E-state index is 0.103. The summed E-state index contributed by atoms with van der Waals surface area (Å²) in [5.41, 5.74) is 1.33. The molecule has 1 unspecified atom stereocenters. The van der Waals surface area contributed by atoms with Crippen molar-refractivity contribution in [3.63, 3.8) is 0 Å². The highest BCUT2D eigenvalue weighted by Crippen LogP contribution is 2.43. The summed E-state index contributed by atoms with van der Waals surface area (Å²) >= 11 is 1.50. The zero-order valence-electron chi connectivity index (χ0n) is 19.2. The molecule has 4 heterocycles. The van der Waals surface area contributed by atoms with E-state index in [1.807, 2.05) is 12.1 Å². The average molecular weight is 495 g/mol. The van der Waals surface area contributed by atoms with E-state index in [1.165, 1.54) is 17.4 Å². The molecule has 0 aromatic carbocycles. The van der Waals surface area contributed by atoms with Crippen LogP contribution in [0, 0.1) is 11.2 Å². The van der Waals surface area contributed by atoms with Gasteiger partial charge in [-0.05, 0) is 37.1 Å². The molecule has 0 radical (unpaired) electrons. The molecule has 11 heteroatoms. The number of thiazole rings is 1. The Morgan fingerprint density at radius 3 is 2.94 bits per heavy atom. The molecule has 3 aromatic heterocycles. The van der Waals surface area contributed by atoms with Crippen LogP contribution in [-0.2, 0) is 16.7 Å². The minimum atomic E-state index is -0.299. The number of aliphatic imine (C=N–C) groups is 1. The second kappa shape index (κ2) is 10.6. The van der Waals surface area contributed by atoms with Crippen molar-refractivity contribution in [2.45, 2.75) is 37.3 Å². The maximum absolute atomic E-state index is 14.3. The molecule has 1 atom stereocenters. The van der Waals surface area contributed by atoms with Gasteiger partial charge in [-0.25, -0.2) is 9.37 Å². The Kier molecular flexibility index (Phi) is 7.16. The van der Waals surface area contributed by atoms with Crippen LogP contribution in [0.5, 0.6) is 0 Å². The zero-order valence-corrected chi connectivity index (χ0v) is 20.0. The molecule has 2 fully saturated rings. The monoisotopic (exact) mass is 494 g/mol. The van der Waals surface area contributed by atoms with Gasteiger partial charge in [0.1, 0.15) is 22.3 Å². The van der Waals surface area contributed by atoms with Gasteiger partial charge in [-0.1, -0.05) is 6.42 Å². The lowest BCUT2D eigenvalue weighted by Crippen LogP contribution is -2.46. The fourth-order valence-corrected chi connectivity index (χ4v) is 5.08. The van der Waals surface area contributed by atoms with Crippen molar-refractivity contribution in [3.8, 4) is 10.7 Å². The number of hydrogen-bond acceptors (Lipinski definition) is 10. The van der Waals surface area contributed by atoms with E-state index < -0.39 is 0 Å². The first-order valence-corrected chi connectivity index (χ1v) is 12.5. The normalized spacial score (nSPS) is 19.4. The molecular formula is C24H27FN8OS. The molecule has 3 aromatic rings. The van der Waals surface area contributed by atoms with Crippen molar-refractivity contribution in [3.05, 3.63) is 53.0 Å². The van der Waals surface area contributed by atoms with E-state index in [0.29, 0.717) is 49.2 Å². The highest BCUT2D eigenvalue weighted by Gasteiger charge is 2.41. The number of nitrogens with zero attached hydrogens (tertiary/aromatic N) is 5. The van der Waals surface area contributed by atoms with Crippen LogP contribution in [0.1, 0.15) is 29.8 Å². The van der Waals surface area contributed by atoms with Gasteiger partial charge in [0.05, 0.1) is 37.2 Å². The molecule has 182 valence electrons. The lowest BCUT2D eigenvalue weighted by molar-refractivity contribution is 0.0953. The van der Waals surface area contributed by atoms with Crippen molar-refractivity contribution >= 4 is 29.1 Å². The first-order chi connectivity index (χ1) is 17.1. The highest BCUT2D eigenvalue weighted by atomic mass is 32.1. The van der Waals surface area contributed by atoms with Gasteiger partial charge in [-0.3, -0.25) is 9.98 Å². The molecule has 1 saturated heterocycles. The number of ether oxygens (including phenoxy) is 1. The van der Waals surface area contributed by atoms with Crippen LogP contribution in [0.2, 0.25) is 0 Å². The van der Waals surface area contributed by atoms with Crippen molar-refractivity contribution in [2.24, 2.45) is 4.99 Å².